The number of hydrogen-bond donors (Lipinski definition) is 2. The van der Waals surface area contributed by atoms with E-state index >= 15 is 0 Å². The van der Waals surface area contributed by atoms with Gasteiger partial charge in [0.25, 0.3) is 0 Å². The van der Waals surface area contributed by atoms with Crippen LogP contribution >= 0.6 is 0 Å². The van der Waals surface area contributed by atoms with E-state index in [1.54, 1.807) is 7.11 Å². The Labute approximate surface area is 98.8 Å². The molecule has 1 aliphatic carbocycles. The molecule has 1 fully saturated rings. The van der Waals surface area contributed by atoms with E-state index in [9.17, 15) is 0 Å². The average molecular weight is 230 g/mol. The highest BCUT2D eigenvalue weighted by Crippen LogP contribution is 2.42. The van der Waals surface area contributed by atoms with Gasteiger partial charge in [0.1, 0.15) is 17.1 Å². The fourth-order valence-electron chi connectivity index (χ4n) is 1.90. The van der Waals surface area contributed by atoms with Crippen LogP contribution in [0.2, 0.25) is 0 Å². The molecule has 1 heterocycles. The maximum absolute atomic E-state index is 6.10. The van der Waals surface area contributed by atoms with Crippen molar-refractivity contribution in [2.24, 2.45) is 5.73 Å². The number of rotatable bonds is 2. The molecule has 3 rings (SSSR count). The Morgan fingerprint density at radius 3 is 2.71 bits per heavy atom. The molecule has 4 N–H and O–H groups in total. The number of nitrogens with zero attached hydrogens (tertiary/aromatic N) is 2. The highest BCUT2D eigenvalue weighted by Gasteiger charge is 2.43. The second kappa shape index (κ2) is 3.30. The van der Waals surface area contributed by atoms with Crippen molar-refractivity contribution in [3.8, 4) is 5.75 Å². The smallest absolute Gasteiger partial charge is 0.151 e. The van der Waals surface area contributed by atoms with Crippen LogP contribution in [0.15, 0.2) is 18.2 Å². The molecule has 1 aromatic carbocycles. The van der Waals surface area contributed by atoms with Crippen LogP contribution in [-0.2, 0) is 5.54 Å². The van der Waals surface area contributed by atoms with Gasteiger partial charge in [-0.15, -0.1) is 0 Å². The van der Waals surface area contributed by atoms with Gasteiger partial charge in [0, 0.05) is 5.39 Å². The largest absolute Gasteiger partial charge is 0.494 e. The molecule has 2 aromatic rings. The van der Waals surface area contributed by atoms with Crippen LogP contribution in [0.5, 0.6) is 5.75 Å². The van der Waals surface area contributed by atoms with Gasteiger partial charge in [0.15, 0.2) is 5.82 Å². The summed E-state index contributed by atoms with van der Waals surface area (Å²) in [4.78, 5) is 8.80. The van der Waals surface area contributed by atoms with Crippen LogP contribution < -0.4 is 16.2 Å². The Balaban J connectivity index is 2.30. The molecule has 5 nitrogen and oxygen atoms in total. The fourth-order valence-corrected chi connectivity index (χ4v) is 1.90. The summed E-state index contributed by atoms with van der Waals surface area (Å²) in [5.74, 6) is 1.77. The molecule has 0 radical (unpaired) electrons. The molecule has 0 atom stereocenters. The zero-order valence-corrected chi connectivity index (χ0v) is 9.60. The third-order valence-electron chi connectivity index (χ3n) is 3.17. The molecule has 0 unspecified atom stereocenters. The maximum atomic E-state index is 6.10. The van der Waals surface area contributed by atoms with E-state index in [1.807, 2.05) is 18.2 Å². The second-order valence-electron chi connectivity index (χ2n) is 4.45. The summed E-state index contributed by atoms with van der Waals surface area (Å²) < 4.78 is 5.28. The number of ether oxygens (including phenoxy) is 1. The molecule has 1 aromatic heterocycles. The molecule has 0 aliphatic heterocycles. The van der Waals surface area contributed by atoms with Gasteiger partial charge >= 0.3 is 0 Å². The summed E-state index contributed by atoms with van der Waals surface area (Å²) >= 11 is 0. The normalized spacial score (nSPS) is 17.1. The van der Waals surface area contributed by atoms with Gasteiger partial charge in [0.05, 0.1) is 12.6 Å². The summed E-state index contributed by atoms with van der Waals surface area (Å²) in [6, 6.07) is 5.61. The molecule has 1 aliphatic rings. The molecule has 0 bridgehead atoms. The Morgan fingerprint density at radius 2 is 2.06 bits per heavy atom. The lowest BCUT2D eigenvalue weighted by Gasteiger charge is -2.11. The third kappa shape index (κ3) is 1.51. The first-order valence-electron chi connectivity index (χ1n) is 5.54. The number of hydrogen-bond acceptors (Lipinski definition) is 5. The fraction of sp³-hybridized carbons (Fsp3) is 0.333. The van der Waals surface area contributed by atoms with Gasteiger partial charge in [-0.05, 0) is 25.0 Å². The zero-order valence-electron chi connectivity index (χ0n) is 9.60. The third-order valence-corrected chi connectivity index (χ3v) is 3.17. The van der Waals surface area contributed by atoms with E-state index in [4.69, 9.17) is 16.2 Å². The van der Waals surface area contributed by atoms with E-state index in [2.05, 4.69) is 9.97 Å². The number of nitrogens with two attached hydrogens (primary N) is 2. The lowest BCUT2D eigenvalue weighted by Crippen LogP contribution is -2.22. The van der Waals surface area contributed by atoms with Gasteiger partial charge in [-0.25, -0.2) is 9.97 Å². The SMILES string of the molecule is COc1cccc2c(N)nc(C3(N)CC3)nc12. The Bertz CT molecular complexity index is 592. The van der Waals surface area contributed by atoms with E-state index in [-0.39, 0.29) is 5.54 Å². The van der Waals surface area contributed by atoms with Crippen molar-refractivity contribution in [2.45, 2.75) is 18.4 Å². The van der Waals surface area contributed by atoms with Crippen molar-refractivity contribution in [2.75, 3.05) is 12.8 Å². The Kier molecular flexibility index (Phi) is 2.00. The topological polar surface area (TPSA) is 87.0 Å². The van der Waals surface area contributed by atoms with Crippen molar-refractivity contribution >= 4 is 16.7 Å². The lowest BCUT2D eigenvalue weighted by molar-refractivity contribution is 0.418. The lowest BCUT2D eigenvalue weighted by atomic mass is 10.2. The van der Waals surface area contributed by atoms with Crippen molar-refractivity contribution in [3.05, 3.63) is 24.0 Å². The summed E-state index contributed by atoms with van der Waals surface area (Å²) in [7, 11) is 1.61. The number of nitrogen functional groups attached to an aromatic ring is 1. The van der Waals surface area contributed by atoms with Crippen LogP contribution in [0.3, 0.4) is 0 Å². The molecule has 5 heteroatoms. The van der Waals surface area contributed by atoms with Crippen LogP contribution in [0.4, 0.5) is 5.82 Å². The van der Waals surface area contributed by atoms with E-state index in [0.717, 1.165) is 23.7 Å². The average Bonchev–Trinajstić information content (AvgIpc) is 3.08. The number of para-hydroxylation sites is 1. The first-order valence-corrected chi connectivity index (χ1v) is 5.54. The maximum Gasteiger partial charge on any atom is 0.151 e. The number of benzene rings is 1. The molecule has 88 valence electrons. The number of anilines is 1. The van der Waals surface area contributed by atoms with E-state index in [1.165, 1.54) is 0 Å². The summed E-state index contributed by atoms with van der Waals surface area (Å²) in [5.41, 5.74) is 12.4. The predicted octanol–water partition coefficient (Wildman–Crippen LogP) is 1.17. The Morgan fingerprint density at radius 1 is 1.29 bits per heavy atom. The first-order chi connectivity index (χ1) is 8.14. The van der Waals surface area contributed by atoms with E-state index in [0.29, 0.717) is 17.4 Å². The summed E-state index contributed by atoms with van der Waals surface area (Å²) in [6.45, 7) is 0. The molecule has 0 amide bonds. The summed E-state index contributed by atoms with van der Waals surface area (Å²) in [5, 5.41) is 0.803. The predicted molar refractivity (Wildman–Crippen MR) is 65.6 cm³/mol. The van der Waals surface area contributed by atoms with Crippen LogP contribution in [0, 0.1) is 0 Å². The highest BCUT2D eigenvalue weighted by atomic mass is 16.5. The highest BCUT2D eigenvalue weighted by molar-refractivity contribution is 5.92. The van der Waals surface area contributed by atoms with Gasteiger partial charge in [-0.3, -0.25) is 0 Å². The standard InChI is InChI=1S/C12H14N4O/c1-17-8-4-2-3-7-9(8)15-11(16-10(7)13)12(14)5-6-12/h2-4H,5-6,14H2,1H3,(H2,13,15,16). The first kappa shape index (κ1) is 10.3. The van der Waals surface area contributed by atoms with Crippen LogP contribution in [0.25, 0.3) is 10.9 Å². The van der Waals surface area contributed by atoms with Crippen molar-refractivity contribution < 1.29 is 4.74 Å². The molecule has 0 spiro atoms. The van der Waals surface area contributed by atoms with Gasteiger partial charge in [-0.1, -0.05) is 6.07 Å². The van der Waals surface area contributed by atoms with Gasteiger partial charge < -0.3 is 16.2 Å². The monoisotopic (exact) mass is 230 g/mol. The molecule has 0 saturated heterocycles. The minimum atomic E-state index is -0.386. The minimum Gasteiger partial charge on any atom is -0.494 e. The number of fused-ring (bicyclic) bond motifs is 1. The van der Waals surface area contributed by atoms with E-state index < -0.39 is 0 Å². The molecular weight excluding hydrogens is 216 g/mol. The van der Waals surface area contributed by atoms with Crippen molar-refractivity contribution in [3.63, 3.8) is 0 Å². The number of aromatic nitrogens is 2. The van der Waals surface area contributed by atoms with Gasteiger partial charge in [0.2, 0.25) is 0 Å². The second-order valence-corrected chi connectivity index (χ2v) is 4.45. The zero-order chi connectivity index (χ0) is 12.0. The molecule has 1 saturated carbocycles. The molecular formula is C12H14N4O. The molecule has 17 heavy (non-hydrogen) atoms. The number of methoxy groups -OCH3 is 1. The quantitative estimate of drug-likeness (QED) is 0.808. The Hall–Kier alpha value is -1.88. The van der Waals surface area contributed by atoms with Gasteiger partial charge in [-0.2, -0.15) is 0 Å². The van der Waals surface area contributed by atoms with Crippen LogP contribution in [0.1, 0.15) is 18.7 Å². The summed E-state index contributed by atoms with van der Waals surface area (Å²) in [6.07, 6.45) is 1.82. The van der Waals surface area contributed by atoms with Crippen molar-refractivity contribution in [1.29, 1.82) is 0 Å². The van der Waals surface area contributed by atoms with Crippen molar-refractivity contribution in [1.82, 2.24) is 9.97 Å². The minimum absolute atomic E-state index is 0.386. The van der Waals surface area contributed by atoms with Crippen LogP contribution in [-0.4, -0.2) is 17.1 Å².